The van der Waals surface area contributed by atoms with Gasteiger partial charge in [0.15, 0.2) is 0 Å². The van der Waals surface area contributed by atoms with Crippen molar-refractivity contribution in [2.75, 3.05) is 17.2 Å². The van der Waals surface area contributed by atoms with E-state index >= 15 is 0 Å². The van der Waals surface area contributed by atoms with Crippen LogP contribution in [0, 0.1) is 0 Å². The van der Waals surface area contributed by atoms with Gasteiger partial charge in [0.1, 0.15) is 5.76 Å². The van der Waals surface area contributed by atoms with Crippen molar-refractivity contribution in [3.8, 4) is 0 Å². The van der Waals surface area contributed by atoms with Gasteiger partial charge in [-0.1, -0.05) is 42.5 Å². The summed E-state index contributed by atoms with van der Waals surface area (Å²) >= 11 is 0. The molecule has 0 saturated carbocycles. The molecule has 150 valence electrons. The normalized spacial score (nSPS) is 10.5. The Morgan fingerprint density at radius 2 is 1.70 bits per heavy atom. The Kier molecular flexibility index (Phi) is 5.75. The summed E-state index contributed by atoms with van der Waals surface area (Å²) in [4.78, 5) is 24.7. The summed E-state index contributed by atoms with van der Waals surface area (Å²) in [6.45, 7) is 0.417. The van der Waals surface area contributed by atoms with E-state index in [-0.39, 0.29) is 18.4 Å². The van der Waals surface area contributed by atoms with Crippen molar-refractivity contribution in [2.45, 2.75) is 6.54 Å². The number of carbonyl (C=O) groups is 2. The van der Waals surface area contributed by atoms with E-state index in [9.17, 15) is 9.59 Å². The molecule has 3 N–H and O–H groups in total. The lowest BCUT2D eigenvalue weighted by Gasteiger charge is -2.11. The molecule has 0 spiro atoms. The lowest BCUT2D eigenvalue weighted by molar-refractivity contribution is -0.114. The summed E-state index contributed by atoms with van der Waals surface area (Å²) in [6, 6.07) is 24.3. The van der Waals surface area contributed by atoms with Crippen molar-refractivity contribution in [3.63, 3.8) is 0 Å². The molecule has 4 aromatic rings. The second kappa shape index (κ2) is 8.96. The molecule has 0 bridgehead atoms. The molecule has 0 aliphatic carbocycles. The molecule has 6 nitrogen and oxygen atoms in total. The molecule has 2 amide bonds. The molecule has 1 aromatic heterocycles. The highest BCUT2D eigenvalue weighted by atomic mass is 16.3. The zero-order chi connectivity index (χ0) is 20.8. The lowest BCUT2D eigenvalue weighted by Crippen LogP contribution is -2.24. The third kappa shape index (κ3) is 4.67. The van der Waals surface area contributed by atoms with Gasteiger partial charge in [-0.15, -0.1) is 0 Å². The van der Waals surface area contributed by atoms with Crippen LogP contribution in [0.5, 0.6) is 0 Å². The summed E-state index contributed by atoms with van der Waals surface area (Å²) in [5.74, 6) is 0.236. The van der Waals surface area contributed by atoms with Crippen molar-refractivity contribution in [3.05, 3.63) is 96.4 Å². The van der Waals surface area contributed by atoms with Crippen LogP contribution in [0.1, 0.15) is 16.1 Å². The van der Waals surface area contributed by atoms with Crippen molar-refractivity contribution >= 4 is 34.0 Å². The Hall–Kier alpha value is -4.06. The van der Waals surface area contributed by atoms with Crippen LogP contribution in [0.15, 0.2) is 89.5 Å². The number of furan rings is 1. The third-order valence-electron chi connectivity index (χ3n) is 4.64. The second-order valence-electron chi connectivity index (χ2n) is 6.77. The first-order valence-electron chi connectivity index (χ1n) is 9.61. The number of rotatable bonds is 7. The largest absolute Gasteiger partial charge is 0.467 e. The Labute approximate surface area is 173 Å². The summed E-state index contributed by atoms with van der Waals surface area (Å²) in [5, 5.41) is 11.0. The van der Waals surface area contributed by atoms with Crippen LogP contribution < -0.4 is 16.0 Å². The summed E-state index contributed by atoms with van der Waals surface area (Å²) in [6.07, 6.45) is 1.56. The smallest absolute Gasteiger partial charge is 0.251 e. The highest BCUT2D eigenvalue weighted by Gasteiger charge is 2.09. The molecule has 0 atom stereocenters. The molecular formula is C24H21N3O3. The molecule has 3 aromatic carbocycles. The highest BCUT2D eigenvalue weighted by molar-refractivity contribution is 5.99. The van der Waals surface area contributed by atoms with Crippen molar-refractivity contribution in [1.82, 2.24) is 5.32 Å². The van der Waals surface area contributed by atoms with E-state index in [1.165, 1.54) is 0 Å². The van der Waals surface area contributed by atoms with E-state index in [2.05, 4.69) is 16.0 Å². The summed E-state index contributed by atoms with van der Waals surface area (Å²) < 4.78 is 5.21. The molecule has 0 radical (unpaired) electrons. The van der Waals surface area contributed by atoms with Gasteiger partial charge in [0.25, 0.3) is 5.91 Å². The first-order chi connectivity index (χ1) is 14.7. The van der Waals surface area contributed by atoms with Gasteiger partial charge in [-0.25, -0.2) is 0 Å². The topological polar surface area (TPSA) is 83.4 Å². The van der Waals surface area contributed by atoms with Gasteiger partial charge in [0.05, 0.1) is 19.4 Å². The standard InChI is InChI=1S/C24H21N3O3/c28-23(16-25-22-12-4-7-17-6-1-2-11-21(17)22)27-19-9-3-8-18(14-19)24(29)26-15-20-10-5-13-30-20/h1-14,25H,15-16H2,(H,26,29)(H,27,28). The SMILES string of the molecule is O=C(CNc1cccc2ccccc12)Nc1cccc(C(=O)NCc2ccco2)c1. The van der Waals surface area contributed by atoms with Crippen LogP contribution in [-0.4, -0.2) is 18.4 Å². The van der Waals surface area contributed by atoms with E-state index in [0.29, 0.717) is 23.6 Å². The number of anilines is 2. The van der Waals surface area contributed by atoms with Gasteiger partial charge in [-0.3, -0.25) is 9.59 Å². The predicted molar refractivity (Wildman–Crippen MR) is 117 cm³/mol. The fourth-order valence-corrected chi connectivity index (χ4v) is 3.18. The average Bonchev–Trinajstić information content (AvgIpc) is 3.30. The maximum absolute atomic E-state index is 12.4. The molecule has 0 aliphatic heterocycles. The van der Waals surface area contributed by atoms with Gasteiger partial charge < -0.3 is 20.4 Å². The Bertz CT molecular complexity index is 1160. The number of nitrogens with one attached hydrogen (secondary N) is 3. The Morgan fingerprint density at radius 1 is 0.867 bits per heavy atom. The first-order valence-corrected chi connectivity index (χ1v) is 9.61. The number of hydrogen-bond donors (Lipinski definition) is 3. The van der Waals surface area contributed by atoms with Crippen LogP contribution in [0.2, 0.25) is 0 Å². The minimum absolute atomic E-state index is 0.114. The van der Waals surface area contributed by atoms with E-state index in [0.717, 1.165) is 16.5 Å². The van der Waals surface area contributed by atoms with Crippen LogP contribution in [0.4, 0.5) is 11.4 Å². The molecule has 0 unspecified atom stereocenters. The predicted octanol–water partition coefficient (Wildman–Crippen LogP) is 4.41. The van der Waals surface area contributed by atoms with Crippen LogP contribution in [0.25, 0.3) is 10.8 Å². The fraction of sp³-hybridized carbons (Fsp3) is 0.0833. The fourth-order valence-electron chi connectivity index (χ4n) is 3.18. The van der Waals surface area contributed by atoms with Gasteiger partial charge in [-0.05, 0) is 41.8 Å². The maximum Gasteiger partial charge on any atom is 0.251 e. The van der Waals surface area contributed by atoms with Gasteiger partial charge >= 0.3 is 0 Å². The third-order valence-corrected chi connectivity index (χ3v) is 4.64. The minimum atomic E-state index is -0.239. The van der Waals surface area contributed by atoms with E-state index in [1.54, 1.807) is 42.7 Å². The number of fused-ring (bicyclic) bond motifs is 1. The van der Waals surface area contributed by atoms with Gasteiger partial charge in [0.2, 0.25) is 5.91 Å². The lowest BCUT2D eigenvalue weighted by atomic mass is 10.1. The first kappa shape index (κ1) is 19.3. The van der Waals surface area contributed by atoms with Crippen molar-refractivity contribution < 1.29 is 14.0 Å². The highest BCUT2D eigenvalue weighted by Crippen LogP contribution is 2.22. The van der Waals surface area contributed by atoms with Gasteiger partial charge in [0, 0.05) is 22.3 Å². The number of carbonyl (C=O) groups excluding carboxylic acids is 2. The van der Waals surface area contributed by atoms with E-state index < -0.39 is 0 Å². The maximum atomic E-state index is 12.4. The van der Waals surface area contributed by atoms with Crippen LogP contribution in [-0.2, 0) is 11.3 Å². The summed E-state index contributed by atoms with van der Waals surface area (Å²) in [7, 11) is 0. The zero-order valence-corrected chi connectivity index (χ0v) is 16.2. The van der Waals surface area contributed by atoms with E-state index in [4.69, 9.17) is 4.42 Å². The summed E-state index contributed by atoms with van der Waals surface area (Å²) in [5.41, 5.74) is 1.92. The monoisotopic (exact) mass is 399 g/mol. The molecule has 0 aliphatic rings. The van der Waals surface area contributed by atoms with Crippen LogP contribution in [0.3, 0.4) is 0 Å². The second-order valence-corrected chi connectivity index (χ2v) is 6.77. The van der Waals surface area contributed by atoms with Gasteiger partial charge in [-0.2, -0.15) is 0 Å². The number of amides is 2. The van der Waals surface area contributed by atoms with E-state index in [1.807, 2.05) is 42.5 Å². The Balaban J connectivity index is 1.35. The number of benzene rings is 3. The van der Waals surface area contributed by atoms with Crippen molar-refractivity contribution in [1.29, 1.82) is 0 Å². The molecule has 6 heteroatoms. The molecule has 0 saturated heterocycles. The molecular weight excluding hydrogens is 378 g/mol. The molecule has 0 fully saturated rings. The Morgan fingerprint density at radius 3 is 2.57 bits per heavy atom. The minimum Gasteiger partial charge on any atom is -0.467 e. The average molecular weight is 399 g/mol. The quantitative estimate of drug-likeness (QED) is 0.430. The number of hydrogen-bond acceptors (Lipinski definition) is 4. The van der Waals surface area contributed by atoms with Crippen LogP contribution >= 0.6 is 0 Å². The molecule has 30 heavy (non-hydrogen) atoms. The molecule has 4 rings (SSSR count). The zero-order valence-electron chi connectivity index (χ0n) is 16.2. The molecule has 1 heterocycles. The van der Waals surface area contributed by atoms with Crippen molar-refractivity contribution in [2.24, 2.45) is 0 Å².